The minimum Gasteiger partial charge on any atom is -0.308 e. The van der Waals surface area contributed by atoms with Gasteiger partial charge in [0.2, 0.25) is 0 Å². The normalized spacial score (nSPS) is 16.9. The molecule has 3 aromatic rings. The quantitative estimate of drug-likeness (QED) is 0.590. The van der Waals surface area contributed by atoms with Gasteiger partial charge in [0.05, 0.1) is 10.9 Å². The summed E-state index contributed by atoms with van der Waals surface area (Å²) in [6.07, 6.45) is 4.82. The smallest absolute Gasteiger partial charge is 0.280 e. The Morgan fingerprint density at radius 3 is 2.76 bits per heavy atom. The molecule has 108 valence electrons. The summed E-state index contributed by atoms with van der Waals surface area (Å²) >= 11 is 0. The molecule has 0 bridgehead atoms. The van der Waals surface area contributed by atoms with Crippen molar-refractivity contribution in [1.82, 2.24) is 29.2 Å². The number of likely N-dealkylation sites (N-methyl/N-ethyl adjacent to an activating group) is 1. The topological polar surface area (TPSA) is 71.6 Å². The summed E-state index contributed by atoms with van der Waals surface area (Å²) in [7, 11) is 2.09. The van der Waals surface area contributed by atoms with Crippen LogP contribution in [0.25, 0.3) is 16.7 Å². The van der Waals surface area contributed by atoms with Crippen molar-refractivity contribution in [3.8, 4) is 0 Å². The average Bonchev–Trinajstić information content (AvgIpc) is 2.97. The van der Waals surface area contributed by atoms with E-state index in [1.807, 2.05) is 6.07 Å². The third-order valence-corrected chi connectivity index (χ3v) is 3.94. The van der Waals surface area contributed by atoms with Gasteiger partial charge < -0.3 is 9.91 Å². The standard InChI is InChI=1S/C13H15N7O/c1-17-4-6-18(7-5-17)19-3-2-11-10(12(19)21)8-14-13-15-9-16-20(11)13/h2-3,8-9H,4-7H2,1H3. The van der Waals surface area contributed by atoms with E-state index in [0.717, 1.165) is 31.7 Å². The van der Waals surface area contributed by atoms with E-state index < -0.39 is 0 Å². The minimum absolute atomic E-state index is 0.0676. The lowest BCUT2D eigenvalue weighted by atomic mass is 10.3. The highest BCUT2D eigenvalue weighted by Crippen LogP contribution is 2.09. The van der Waals surface area contributed by atoms with Crippen LogP contribution >= 0.6 is 0 Å². The molecule has 4 rings (SSSR count). The van der Waals surface area contributed by atoms with E-state index in [0.29, 0.717) is 11.2 Å². The van der Waals surface area contributed by atoms with Gasteiger partial charge in [-0.15, -0.1) is 0 Å². The zero-order valence-corrected chi connectivity index (χ0v) is 11.7. The Morgan fingerprint density at radius 1 is 1.14 bits per heavy atom. The summed E-state index contributed by atoms with van der Waals surface area (Å²) < 4.78 is 3.27. The molecule has 0 atom stereocenters. The van der Waals surface area contributed by atoms with Crippen LogP contribution in [0, 0.1) is 0 Å². The summed E-state index contributed by atoms with van der Waals surface area (Å²) in [5.41, 5.74) is 0.662. The van der Waals surface area contributed by atoms with E-state index >= 15 is 0 Å². The van der Waals surface area contributed by atoms with Gasteiger partial charge in [0.25, 0.3) is 11.3 Å². The van der Waals surface area contributed by atoms with E-state index in [1.165, 1.54) is 6.33 Å². The number of hydrogen-bond acceptors (Lipinski definition) is 6. The van der Waals surface area contributed by atoms with Crippen molar-refractivity contribution in [2.45, 2.75) is 0 Å². The van der Waals surface area contributed by atoms with Crippen LogP contribution < -0.4 is 10.6 Å². The monoisotopic (exact) mass is 285 g/mol. The van der Waals surface area contributed by atoms with Crippen LogP contribution in [0.15, 0.2) is 29.6 Å². The molecular weight excluding hydrogens is 270 g/mol. The summed E-state index contributed by atoms with van der Waals surface area (Å²) in [5.74, 6) is 0.499. The molecule has 0 unspecified atom stereocenters. The molecule has 8 heteroatoms. The van der Waals surface area contributed by atoms with Gasteiger partial charge in [-0.2, -0.15) is 14.6 Å². The van der Waals surface area contributed by atoms with E-state index in [2.05, 4.69) is 32.0 Å². The molecule has 1 aliphatic rings. The van der Waals surface area contributed by atoms with E-state index in [4.69, 9.17) is 0 Å². The van der Waals surface area contributed by atoms with E-state index in [-0.39, 0.29) is 5.56 Å². The number of hydrogen-bond donors (Lipinski definition) is 0. The van der Waals surface area contributed by atoms with Crippen molar-refractivity contribution in [3.63, 3.8) is 0 Å². The molecule has 0 amide bonds. The van der Waals surface area contributed by atoms with Crippen molar-refractivity contribution in [3.05, 3.63) is 35.1 Å². The van der Waals surface area contributed by atoms with Crippen LogP contribution in [-0.4, -0.2) is 62.4 Å². The maximum atomic E-state index is 12.7. The lowest BCUT2D eigenvalue weighted by Crippen LogP contribution is -2.52. The van der Waals surface area contributed by atoms with Crippen LogP contribution in [0.2, 0.25) is 0 Å². The number of nitrogens with zero attached hydrogens (tertiary/aromatic N) is 7. The highest BCUT2D eigenvalue weighted by atomic mass is 16.1. The van der Waals surface area contributed by atoms with Gasteiger partial charge in [-0.1, -0.05) is 0 Å². The number of fused-ring (bicyclic) bond motifs is 3. The fraction of sp³-hybridized carbons (Fsp3) is 0.385. The molecular formula is C13H15N7O. The Bertz CT molecular complexity index is 860. The van der Waals surface area contributed by atoms with Gasteiger partial charge in [-0.05, 0) is 13.1 Å². The van der Waals surface area contributed by atoms with Gasteiger partial charge in [0.15, 0.2) is 0 Å². The summed E-state index contributed by atoms with van der Waals surface area (Å²) in [6, 6.07) is 1.89. The highest BCUT2D eigenvalue weighted by molar-refractivity contribution is 5.78. The molecule has 4 heterocycles. The average molecular weight is 285 g/mol. The van der Waals surface area contributed by atoms with Crippen molar-refractivity contribution in [2.75, 3.05) is 38.2 Å². The van der Waals surface area contributed by atoms with Crippen molar-refractivity contribution in [2.24, 2.45) is 0 Å². The third kappa shape index (κ3) is 1.87. The van der Waals surface area contributed by atoms with Crippen LogP contribution in [-0.2, 0) is 0 Å². The third-order valence-electron chi connectivity index (χ3n) is 3.94. The first-order valence-corrected chi connectivity index (χ1v) is 6.88. The van der Waals surface area contributed by atoms with Crippen LogP contribution in [0.4, 0.5) is 0 Å². The largest absolute Gasteiger partial charge is 0.308 e. The Balaban J connectivity index is 1.86. The number of pyridine rings is 1. The molecule has 0 N–H and O–H groups in total. The minimum atomic E-state index is -0.0676. The molecule has 1 aliphatic heterocycles. The Hall–Kier alpha value is -2.48. The molecule has 3 aromatic heterocycles. The van der Waals surface area contributed by atoms with Gasteiger partial charge >= 0.3 is 0 Å². The molecule has 0 spiro atoms. The first-order valence-electron chi connectivity index (χ1n) is 6.88. The molecule has 8 nitrogen and oxygen atoms in total. The first-order chi connectivity index (χ1) is 10.2. The second-order valence-corrected chi connectivity index (χ2v) is 5.25. The molecule has 0 aliphatic carbocycles. The van der Waals surface area contributed by atoms with E-state index in [9.17, 15) is 4.79 Å². The molecule has 21 heavy (non-hydrogen) atoms. The number of piperazine rings is 1. The number of rotatable bonds is 1. The Morgan fingerprint density at radius 2 is 1.95 bits per heavy atom. The number of aromatic nitrogens is 5. The fourth-order valence-electron chi connectivity index (χ4n) is 2.69. The van der Waals surface area contributed by atoms with Crippen LogP contribution in [0.5, 0.6) is 0 Å². The Labute approximate surface area is 120 Å². The second-order valence-electron chi connectivity index (χ2n) is 5.25. The maximum Gasteiger partial charge on any atom is 0.280 e. The zero-order chi connectivity index (χ0) is 14.4. The second kappa shape index (κ2) is 4.52. The fourth-order valence-corrected chi connectivity index (χ4v) is 2.69. The summed E-state index contributed by atoms with van der Waals surface area (Å²) in [6.45, 7) is 3.57. The lowest BCUT2D eigenvalue weighted by Gasteiger charge is -2.34. The van der Waals surface area contributed by atoms with Crippen molar-refractivity contribution >= 4 is 16.7 Å². The van der Waals surface area contributed by atoms with Gasteiger partial charge in [0, 0.05) is 38.6 Å². The van der Waals surface area contributed by atoms with Crippen molar-refractivity contribution in [1.29, 1.82) is 0 Å². The van der Waals surface area contributed by atoms with Crippen LogP contribution in [0.3, 0.4) is 0 Å². The maximum absolute atomic E-state index is 12.7. The lowest BCUT2D eigenvalue weighted by molar-refractivity contribution is 0.286. The first kappa shape index (κ1) is 12.3. The predicted octanol–water partition coefficient (Wildman–Crippen LogP) is -0.677. The molecule has 0 radical (unpaired) electrons. The van der Waals surface area contributed by atoms with Crippen molar-refractivity contribution < 1.29 is 0 Å². The van der Waals surface area contributed by atoms with Gasteiger partial charge in [0.1, 0.15) is 6.33 Å². The van der Waals surface area contributed by atoms with Gasteiger partial charge in [-0.3, -0.25) is 4.79 Å². The van der Waals surface area contributed by atoms with E-state index in [1.54, 1.807) is 21.6 Å². The Kier molecular flexibility index (Phi) is 2.64. The summed E-state index contributed by atoms with van der Waals surface area (Å²) in [5, 5.41) is 6.73. The molecule has 1 fully saturated rings. The van der Waals surface area contributed by atoms with Gasteiger partial charge in [-0.25, -0.2) is 9.66 Å². The SMILES string of the molecule is CN1CCN(n2ccc3c(cnc4ncnn43)c2=O)CC1. The molecule has 0 saturated carbocycles. The highest BCUT2D eigenvalue weighted by Gasteiger charge is 2.16. The van der Waals surface area contributed by atoms with Crippen LogP contribution in [0.1, 0.15) is 0 Å². The predicted molar refractivity (Wildman–Crippen MR) is 78.0 cm³/mol. The zero-order valence-electron chi connectivity index (χ0n) is 11.7. The molecule has 1 saturated heterocycles. The summed E-state index contributed by atoms with van der Waals surface area (Å²) in [4.78, 5) is 23.1. The molecule has 0 aromatic carbocycles.